The average molecular weight is 478 g/mol. The quantitative estimate of drug-likeness (QED) is 0.283. The molecule has 1 atom stereocenters. The monoisotopic (exact) mass is 477 g/mol. The van der Waals surface area contributed by atoms with E-state index in [4.69, 9.17) is 21.3 Å². The zero-order valence-electron chi connectivity index (χ0n) is 18.7. The Labute approximate surface area is 202 Å². The van der Waals surface area contributed by atoms with Gasteiger partial charge in [0.05, 0.1) is 17.6 Å². The number of anilines is 1. The van der Waals surface area contributed by atoms with Gasteiger partial charge in [-0.15, -0.1) is 0 Å². The number of hydrogen-bond acceptors (Lipinski definition) is 3. The first-order valence-corrected chi connectivity index (χ1v) is 11.9. The number of carbonyl (C=O) groups excluding carboxylic acids is 1. The number of aromatic nitrogens is 2. The van der Waals surface area contributed by atoms with Crippen molar-refractivity contribution in [3.63, 3.8) is 0 Å². The van der Waals surface area contributed by atoms with E-state index in [1.165, 1.54) is 12.1 Å². The number of imidazole rings is 1. The molecular formula is C27H25ClFN3O2. The molecule has 34 heavy (non-hydrogen) atoms. The summed E-state index contributed by atoms with van der Waals surface area (Å²) in [6.45, 7) is 1.94. The van der Waals surface area contributed by atoms with Crippen LogP contribution in [-0.2, 0) is 11.3 Å². The second kappa shape index (κ2) is 9.85. The number of fused-ring (bicyclic) bond motifs is 1. The minimum atomic E-state index is -0.311. The average Bonchev–Trinajstić information content (AvgIpc) is 3.41. The molecule has 1 saturated heterocycles. The predicted octanol–water partition coefficient (Wildman–Crippen LogP) is 6.21. The van der Waals surface area contributed by atoms with Gasteiger partial charge in [-0.2, -0.15) is 0 Å². The standard InChI is InChI=1S/C27H25ClFN3O2/c28-20-7-13-23(14-8-20)34-16-4-3-15-31-25-6-2-1-5-24(25)30-27(31)19-17-26(33)32(18-19)22-11-9-21(29)10-12-22/h1-2,5-14,19H,3-4,15-18H2/t19-/m0/s1. The van der Waals surface area contributed by atoms with Crippen molar-refractivity contribution in [2.75, 3.05) is 18.1 Å². The molecule has 1 aliphatic rings. The van der Waals surface area contributed by atoms with Gasteiger partial charge in [0.15, 0.2) is 0 Å². The number of aryl methyl sites for hydroxylation is 1. The number of amides is 1. The van der Waals surface area contributed by atoms with Gasteiger partial charge in [-0.25, -0.2) is 9.37 Å². The number of benzene rings is 3. The largest absolute Gasteiger partial charge is 0.494 e. The maximum absolute atomic E-state index is 13.3. The van der Waals surface area contributed by atoms with Gasteiger partial charge < -0.3 is 14.2 Å². The molecule has 1 aromatic heterocycles. The highest BCUT2D eigenvalue weighted by atomic mass is 35.5. The molecule has 1 aliphatic heterocycles. The molecule has 0 aliphatic carbocycles. The van der Waals surface area contributed by atoms with Gasteiger partial charge in [-0.05, 0) is 73.5 Å². The molecule has 0 bridgehead atoms. The van der Waals surface area contributed by atoms with E-state index in [-0.39, 0.29) is 17.6 Å². The Morgan fingerprint density at radius 1 is 1.00 bits per heavy atom. The fourth-order valence-corrected chi connectivity index (χ4v) is 4.61. The smallest absolute Gasteiger partial charge is 0.227 e. The van der Waals surface area contributed by atoms with Crippen LogP contribution in [0.15, 0.2) is 72.8 Å². The number of unbranched alkanes of at least 4 members (excludes halogenated alkanes) is 1. The Kier molecular flexibility index (Phi) is 6.50. The van der Waals surface area contributed by atoms with Crippen molar-refractivity contribution in [2.24, 2.45) is 0 Å². The van der Waals surface area contributed by atoms with Crippen molar-refractivity contribution in [2.45, 2.75) is 31.7 Å². The van der Waals surface area contributed by atoms with Crippen molar-refractivity contribution in [3.05, 3.63) is 89.5 Å². The summed E-state index contributed by atoms with van der Waals surface area (Å²) in [6.07, 6.45) is 2.20. The Hall–Kier alpha value is -3.38. The zero-order chi connectivity index (χ0) is 23.5. The van der Waals surface area contributed by atoms with Crippen molar-refractivity contribution in [1.82, 2.24) is 9.55 Å². The van der Waals surface area contributed by atoms with Gasteiger partial charge >= 0.3 is 0 Å². The fourth-order valence-electron chi connectivity index (χ4n) is 4.48. The van der Waals surface area contributed by atoms with E-state index in [9.17, 15) is 9.18 Å². The van der Waals surface area contributed by atoms with Gasteiger partial charge in [-0.1, -0.05) is 23.7 Å². The summed E-state index contributed by atoms with van der Waals surface area (Å²) in [6, 6.07) is 21.5. The van der Waals surface area contributed by atoms with E-state index in [0.717, 1.165) is 47.7 Å². The Balaban J connectivity index is 1.28. The molecule has 1 amide bonds. The van der Waals surface area contributed by atoms with Crippen LogP contribution in [0, 0.1) is 5.82 Å². The lowest BCUT2D eigenvalue weighted by molar-refractivity contribution is -0.117. The zero-order valence-corrected chi connectivity index (χ0v) is 19.4. The second-order valence-electron chi connectivity index (χ2n) is 8.50. The first kappa shape index (κ1) is 22.4. The van der Waals surface area contributed by atoms with Crippen LogP contribution in [0.3, 0.4) is 0 Å². The van der Waals surface area contributed by atoms with Crippen LogP contribution in [-0.4, -0.2) is 28.6 Å². The molecular weight excluding hydrogens is 453 g/mol. The lowest BCUT2D eigenvalue weighted by Crippen LogP contribution is -2.24. The SMILES string of the molecule is O=C1C[C@H](c2nc3ccccc3n2CCCCOc2ccc(Cl)cc2)CN1c1ccc(F)cc1. The molecule has 174 valence electrons. The maximum atomic E-state index is 13.3. The summed E-state index contributed by atoms with van der Waals surface area (Å²) in [4.78, 5) is 19.4. The molecule has 7 heteroatoms. The Morgan fingerprint density at radius 3 is 2.56 bits per heavy atom. The highest BCUT2D eigenvalue weighted by Crippen LogP contribution is 2.33. The van der Waals surface area contributed by atoms with Crippen molar-refractivity contribution >= 4 is 34.2 Å². The molecule has 5 nitrogen and oxygen atoms in total. The summed E-state index contributed by atoms with van der Waals surface area (Å²) in [7, 11) is 0. The molecule has 1 fully saturated rings. The number of para-hydroxylation sites is 2. The summed E-state index contributed by atoms with van der Waals surface area (Å²) in [5, 5.41) is 0.690. The van der Waals surface area contributed by atoms with E-state index >= 15 is 0 Å². The summed E-state index contributed by atoms with van der Waals surface area (Å²) >= 11 is 5.92. The van der Waals surface area contributed by atoms with Gasteiger partial charge in [0.1, 0.15) is 17.4 Å². The number of rotatable bonds is 8. The molecule has 0 radical (unpaired) electrons. The predicted molar refractivity (Wildman–Crippen MR) is 132 cm³/mol. The Bertz CT molecular complexity index is 1290. The van der Waals surface area contributed by atoms with E-state index < -0.39 is 0 Å². The van der Waals surface area contributed by atoms with Crippen LogP contribution >= 0.6 is 11.6 Å². The minimum absolute atomic E-state index is 0.0183. The van der Waals surface area contributed by atoms with Crippen LogP contribution < -0.4 is 9.64 Å². The molecule has 0 saturated carbocycles. The van der Waals surface area contributed by atoms with Crippen molar-refractivity contribution < 1.29 is 13.9 Å². The van der Waals surface area contributed by atoms with Crippen molar-refractivity contribution in [1.29, 1.82) is 0 Å². The van der Waals surface area contributed by atoms with Crippen LogP contribution in [0.5, 0.6) is 5.75 Å². The lowest BCUT2D eigenvalue weighted by atomic mass is 10.1. The van der Waals surface area contributed by atoms with Gasteiger partial charge in [-0.3, -0.25) is 4.79 Å². The number of halogens is 2. The van der Waals surface area contributed by atoms with Gasteiger partial charge in [0.25, 0.3) is 0 Å². The second-order valence-corrected chi connectivity index (χ2v) is 8.94. The van der Waals surface area contributed by atoms with Crippen molar-refractivity contribution in [3.8, 4) is 5.75 Å². The molecule has 0 unspecified atom stereocenters. The first-order chi connectivity index (χ1) is 16.6. The summed E-state index contributed by atoms with van der Waals surface area (Å²) < 4.78 is 21.4. The Morgan fingerprint density at radius 2 is 1.76 bits per heavy atom. The third-order valence-electron chi connectivity index (χ3n) is 6.17. The highest BCUT2D eigenvalue weighted by Gasteiger charge is 2.34. The summed E-state index contributed by atoms with van der Waals surface area (Å²) in [5.41, 5.74) is 2.72. The molecule has 0 N–H and O–H groups in total. The third-order valence-corrected chi connectivity index (χ3v) is 6.42. The first-order valence-electron chi connectivity index (χ1n) is 11.5. The molecule has 0 spiro atoms. The van der Waals surface area contributed by atoms with E-state index in [2.05, 4.69) is 10.6 Å². The highest BCUT2D eigenvalue weighted by molar-refractivity contribution is 6.30. The molecule has 2 heterocycles. The molecule has 5 rings (SSSR count). The van der Waals surface area contributed by atoms with E-state index in [0.29, 0.717) is 24.6 Å². The van der Waals surface area contributed by atoms with Crippen LogP contribution in [0.4, 0.5) is 10.1 Å². The molecule has 3 aromatic carbocycles. The number of carbonyl (C=O) groups is 1. The minimum Gasteiger partial charge on any atom is -0.494 e. The fraction of sp³-hybridized carbons (Fsp3) is 0.259. The van der Waals surface area contributed by atoms with E-state index in [1.807, 2.05) is 42.5 Å². The maximum Gasteiger partial charge on any atom is 0.227 e. The van der Waals surface area contributed by atoms with Gasteiger partial charge in [0, 0.05) is 36.1 Å². The van der Waals surface area contributed by atoms with Crippen LogP contribution in [0.25, 0.3) is 11.0 Å². The number of nitrogens with zero attached hydrogens (tertiary/aromatic N) is 3. The summed E-state index contributed by atoms with van der Waals surface area (Å²) in [5.74, 6) is 1.44. The number of ether oxygens (including phenoxy) is 1. The molecule has 4 aromatic rings. The topological polar surface area (TPSA) is 47.4 Å². The lowest BCUT2D eigenvalue weighted by Gasteiger charge is -2.17. The van der Waals surface area contributed by atoms with Crippen LogP contribution in [0.1, 0.15) is 31.0 Å². The third kappa shape index (κ3) is 4.77. The van der Waals surface area contributed by atoms with E-state index in [1.54, 1.807) is 17.0 Å². The number of hydrogen-bond donors (Lipinski definition) is 0. The normalized spacial score (nSPS) is 15.9. The van der Waals surface area contributed by atoms with Gasteiger partial charge in [0.2, 0.25) is 5.91 Å². The van der Waals surface area contributed by atoms with Crippen LogP contribution in [0.2, 0.25) is 5.02 Å².